The van der Waals surface area contributed by atoms with Crippen LogP contribution in [0.1, 0.15) is 28.8 Å². The zero-order valence-corrected chi connectivity index (χ0v) is 15.7. The summed E-state index contributed by atoms with van der Waals surface area (Å²) in [6, 6.07) is 5.25. The summed E-state index contributed by atoms with van der Waals surface area (Å²) in [6.07, 6.45) is -2.13. The average molecular weight is 415 g/mol. The van der Waals surface area contributed by atoms with E-state index in [2.05, 4.69) is 15.3 Å². The number of alkyl halides is 3. The fraction of sp³-hybridized carbons (Fsp3) is 0.389. The number of piperidine rings is 1. The van der Waals surface area contributed by atoms with E-state index in [1.54, 1.807) is 17.0 Å². The Balaban J connectivity index is 1.66. The number of methoxy groups -OCH3 is 1. The molecule has 3 heterocycles. The lowest BCUT2D eigenvalue weighted by Crippen LogP contribution is -2.45. The van der Waals surface area contributed by atoms with Crippen LogP contribution in [0.15, 0.2) is 30.5 Å². The van der Waals surface area contributed by atoms with Crippen molar-refractivity contribution >= 4 is 23.3 Å². The predicted molar refractivity (Wildman–Crippen MR) is 97.6 cm³/mol. The van der Waals surface area contributed by atoms with Gasteiger partial charge < -0.3 is 15.0 Å². The number of carbonyl (C=O) groups is 1. The summed E-state index contributed by atoms with van der Waals surface area (Å²) in [4.78, 5) is 22.2. The van der Waals surface area contributed by atoms with Gasteiger partial charge in [-0.05, 0) is 31.0 Å². The number of ether oxygens (including phenoxy) is 1. The summed E-state index contributed by atoms with van der Waals surface area (Å²) in [5, 5.41) is 3.15. The van der Waals surface area contributed by atoms with Crippen LogP contribution in [0.5, 0.6) is 5.88 Å². The molecule has 1 fully saturated rings. The fourth-order valence-corrected chi connectivity index (χ4v) is 3.22. The summed E-state index contributed by atoms with van der Waals surface area (Å²) < 4.78 is 42.9. The van der Waals surface area contributed by atoms with E-state index in [-0.39, 0.29) is 22.7 Å². The molecule has 1 saturated heterocycles. The summed E-state index contributed by atoms with van der Waals surface area (Å²) in [7, 11) is 1.45. The van der Waals surface area contributed by atoms with Crippen LogP contribution >= 0.6 is 11.6 Å². The van der Waals surface area contributed by atoms with Gasteiger partial charge in [0.15, 0.2) is 0 Å². The Morgan fingerprint density at radius 2 is 2.11 bits per heavy atom. The van der Waals surface area contributed by atoms with Gasteiger partial charge in [-0.2, -0.15) is 13.2 Å². The van der Waals surface area contributed by atoms with E-state index in [0.29, 0.717) is 24.8 Å². The van der Waals surface area contributed by atoms with Gasteiger partial charge >= 0.3 is 6.18 Å². The topological polar surface area (TPSA) is 67.3 Å². The maximum Gasteiger partial charge on any atom is 0.417 e. The van der Waals surface area contributed by atoms with Crippen LogP contribution in [0.2, 0.25) is 5.15 Å². The van der Waals surface area contributed by atoms with E-state index in [9.17, 15) is 18.0 Å². The van der Waals surface area contributed by atoms with Crippen LogP contribution in [0.25, 0.3) is 0 Å². The molecule has 1 atom stereocenters. The van der Waals surface area contributed by atoms with E-state index >= 15 is 0 Å². The number of carbonyl (C=O) groups excluding carboxylic acids is 1. The van der Waals surface area contributed by atoms with E-state index in [0.717, 1.165) is 25.1 Å². The Morgan fingerprint density at radius 1 is 1.32 bits per heavy atom. The van der Waals surface area contributed by atoms with Crippen LogP contribution < -0.4 is 10.1 Å². The van der Waals surface area contributed by atoms with E-state index in [4.69, 9.17) is 16.3 Å². The van der Waals surface area contributed by atoms with Gasteiger partial charge in [-0.3, -0.25) is 4.79 Å². The predicted octanol–water partition coefficient (Wildman–Crippen LogP) is 3.87. The molecule has 3 rings (SSSR count). The quantitative estimate of drug-likeness (QED) is 0.769. The molecule has 1 aliphatic heterocycles. The number of pyridine rings is 2. The molecule has 1 unspecified atom stereocenters. The number of likely N-dealkylation sites (tertiary alicyclic amines) is 1. The van der Waals surface area contributed by atoms with Crippen molar-refractivity contribution < 1.29 is 22.7 Å². The molecular weight excluding hydrogens is 397 g/mol. The summed E-state index contributed by atoms with van der Waals surface area (Å²) in [5.41, 5.74) is -0.532. The molecule has 0 bridgehead atoms. The van der Waals surface area contributed by atoms with Crippen LogP contribution in [0.4, 0.5) is 19.0 Å². The molecule has 2 aromatic heterocycles. The zero-order valence-electron chi connectivity index (χ0n) is 15.0. The maximum atomic E-state index is 12.8. The fourth-order valence-electron chi connectivity index (χ4n) is 3.00. The monoisotopic (exact) mass is 414 g/mol. The highest BCUT2D eigenvalue weighted by atomic mass is 35.5. The first-order chi connectivity index (χ1) is 13.3. The Bertz CT molecular complexity index is 846. The van der Waals surface area contributed by atoms with Gasteiger partial charge in [0, 0.05) is 31.4 Å². The smallest absolute Gasteiger partial charge is 0.417 e. The van der Waals surface area contributed by atoms with Crippen molar-refractivity contribution in [3.05, 3.63) is 46.7 Å². The van der Waals surface area contributed by atoms with E-state index in [1.165, 1.54) is 13.2 Å². The molecule has 1 N–H and O–H groups in total. The number of halogens is 4. The number of nitrogens with one attached hydrogen (secondary N) is 1. The van der Waals surface area contributed by atoms with Gasteiger partial charge in [-0.25, -0.2) is 9.97 Å². The second kappa shape index (κ2) is 8.22. The van der Waals surface area contributed by atoms with Crippen LogP contribution in [-0.4, -0.2) is 47.0 Å². The number of hydrogen-bond acceptors (Lipinski definition) is 5. The second-order valence-corrected chi connectivity index (χ2v) is 6.71. The third kappa shape index (κ3) is 4.64. The number of hydrogen-bond donors (Lipinski definition) is 1. The van der Waals surface area contributed by atoms with Gasteiger partial charge in [-0.1, -0.05) is 11.6 Å². The van der Waals surface area contributed by atoms with Gasteiger partial charge in [0.2, 0.25) is 5.88 Å². The van der Waals surface area contributed by atoms with Crippen molar-refractivity contribution in [2.45, 2.75) is 25.1 Å². The van der Waals surface area contributed by atoms with E-state index < -0.39 is 11.7 Å². The third-order valence-electron chi connectivity index (χ3n) is 4.41. The molecule has 0 aromatic carbocycles. The second-order valence-electron chi connectivity index (χ2n) is 6.36. The van der Waals surface area contributed by atoms with Gasteiger partial charge in [-0.15, -0.1) is 0 Å². The number of aromatic nitrogens is 2. The minimum absolute atomic E-state index is 0.0591. The maximum absolute atomic E-state index is 12.8. The lowest BCUT2D eigenvalue weighted by molar-refractivity contribution is -0.137. The molecule has 150 valence electrons. The first-order valence-corrected chi connectivity index (χ1v) is 8.95. The van der Waals surface area contributed by atoms with Crippen molar-refractivity contribution in [1.82, 2.24) is 14.9 Å². The summed E-state index contributed by atoms with van der Waals surface area (Å²) >= 11 is 6.08. The molecule has 0 aliphatic carbocycles. The van der Waals surface area contributed by atoms with Crippen molar-refractivity contribution in [1.29, 1.82) is 0 Å². The molecule has 10 heteroatoms. The largest absolute Gasteiger partial charge is 0.481 e. The lowest BCUT2D eigenvalue weighted by Gasteiger charge is -2.33. The molecule has 0 spiro atoms. The van der Waals surface area contributed by atoms with Crippen molar-refractivity contribution in [3.63, 3.8) is 0 Å². The average Bonchev–Trinajstić information content (AvgIpc) is 2.67. The van der Waals surface area contributed by atoms with Crippen LogP contribution in [-0.2, 0) is 6.18 Å². The Morgan fingerprint density at radius 3 is 2.71 bits per heavy atom. The first kappa shape index (κ1) is 20.2. The van der Waals surface area contributed by atoms with Gasteiger partial charge in [0.05, 0.1) is 18.2 Å². The number of amides is 1. The van der Waals surface area contributed by atoms with E-state index in [1.807, 2.05) is 0 Å². The lowest BCUT2D eigenvalue weighted by atomic mass is 10.0. The normalized spacial score (nSPS) is 17.3. The zero-order chi connectivity index (χ0) is 20.3. The Hall–Kier alpha value is -2.55. The number of nitrogens with zero attached hydrogens (tertiary/aromatic N) is 3. The summed E-state index contributed by atoms with van der Waals surface area (Å²) in [5.74, 6) is 0.386. The van der Waals surface area contributed by atoms with Crippen LogP contribution in [0.3, 0.4) is 0 Å². The highest BCUT2D eigenvalue weighted by molar-refractivity contribution is 6.32. The van der Waals surface area contributed by atoms with Crippen molar-refractivity contribution in [3.8, 4) is 5.88 Å². The number of rotatable bonds is 4. The third-order valence-corrected chi connectivity index (χ3v) is 4.70. The van der Waals surface area contributed by atoms with Gasteiger partial charge in [0.1, 0.15) is 11.0 Å². The first-order valence-electron chi connectivity index (χ1n) is 8.57. The molecular formula is C18H18ClF3N4O2. The molecule has 0 saturated carbocycles. The molecule has 28 heavy (non-hydrogen) atoms. The van der Waals surface area contributed by atoms with Gasteiger partial charge in [0.25, 0.3) is 5.91 Å². The molecule has 2 aromatic rings. The minimum atomic E-state index is -4.43. The molecule has 1 amide bonds. The number of anilines is 1. The van der Waals surface area contributed by atoms with Crippen molar-refractivity contribution in [2.24, 2.45) is 0 Å². The summed E-state index contributed by atoms with van der Waals surface area (Å²) in [6.45, 7) is 0.934. The Labute approximate surface area is 164 Å². The Kier molecular flexibility index (Phi) is 5.93. The highest BCUT2D eigenvalue weighted by Crippen LogP contribution is 2.29. The minimum Gasteiger partial charge on any atom is -0.481 e. The SMILES string of the molecule is COc1ccc(C(=O)N2CCCC(Nc3ccc(C(F)(F)F)cn3)C2)c(Cl)n1. The molecule has 1 aliphatic rings. The standard InChI is InChI=1S/C18H18ClF3N4O2/c1-28-15-7-5-13(16(19)25-15)17(27)26-8-2-3-12(10-26)24-14-6-4-11(9-23-14)18(20,21)22/h4-7,9,12H,2-3,8,10H2,1H3,(H,23,24). The molecule has 6 nitrogen and oxygen atoms in total. The van der Waals surface area contributed by atoms with Crippen molar-refractivity contribution in [2.75, 3.05) is 25.5 Å². The molecule has 0 radical (unpaired) electrons. The highest BCUT2D eigenvalue weighted by Gasteiger charge is 2.31. The van der Waals surface area contributed by atoms with Crippen LogP contribution in [0, 0.1) is 0 Å².